The first-order valence-electron chi connectivity index (χ1n) is 23.8. The van der Waals surface area contributed by atoms with Crippen molar-refractivity contribution >= 4 is 11.9 Å². The van der Waals surface area contributed by atoms with E-state index >= 15 is 0 Å². The number of carbonyl (C=O) groups excluding carboxylic acids is 2. The van der Waals surface area contributed by atoms with E-state index in [4.69, 9.17) is 9.47 Å². The summed E-state index contributed by atoms with van der Waals surface area (Å²) >= 11 is 0. The number of rotatable bonds is 41. The lowest BCUT2D eigenvalue weighted by Crippen LogP contribution is -2.32. The summed E-state index contributed by atoms with van der Waals surface area (Å²) < 4.78 is 11.9. The van der Waals surface area contributed by atoms with Crippen molar-refractivity contribution < 1.29 is 24.2 Å². The topological polar surface area (TPSA) is 76.1 Å². The molecule has 0 saturated carbocycles. The molecule has 0 heterocycles. The second kappa shape index (κ2) is 36.2. The lowest BCUT2D eigenvalue weighted by atomic mass is 9.86. The molecule has 0 bridgehead atoms. The van der Waals surface area contributed by atoms with Gasteiger partial charge in [-0.05, 0) is 98.6 Å². The van der Waals surface area contributed by atoms with Crippen LogP contribution in [0.1, 0.15) is 248 Å². The van der Waals surface area contributed by atoms with E-state index in [1.807, 2.05) is 13.8 Å². The molecule has 54 heavy (non-hydrogen) atoms. The average Bonchev–Trinajstić information content (AvgIpc) is 3.14. The third kappa shape index (κ3) is 31.0. The summed E-state index contributed by atoms with van der Waals surface area (Å²) in [7, 11) is 0. The Balaban J connectivity index is 4.40. The van der Waals surface area contributed by atoms with Crippen molar-refractivity contribution in [3.63, 3.8) is 0 Å². The first-order valence-corrected chi connectivity index (χ1v) is 23.8. The van der Waals surface area contributed by atoms with Crippen LogP contribution in [-0.4, -0.2) is 60.9 Å². The largest absolute Gasteiger partial charge is 0.465 e. The van der Waals surface area contributed by atoms with Crippen molar-refractivity contribution in [2.24, 2.45) is 10.8 Å². The molecule has 0 unspecified atom stereocenters. The van der Waals surface area contributed by atoms with Gasteiger partial charge in [0, 0.05) is 6.54 Å². The fourth-order valence-corrected chi connectivity index (χ4v) is 7.51. The number of hydrogen-bond acceptors (Lipinski definition) is 6. The molecule has 0 aliphatic heterocycles. The SMILES string of the molecule is CCCCCCCCCCCCOC(=O)C(C)(C)CCCN(CCO)CCCCCCC(C)(C)C(=O)OC(CCCCCCCC)CCCCCCCC. The first kappa shape index (κ1) is 52.9. The number of aliphatic hydroxyl groups excluding tert-OH is 1. The molecule has 0 radical (unpaired) electrons. The summed E-state index contributed by atoms with van der Waals surface area (Å²) in [5.41, 5.74) is -0.940. The van der Waals surface area contributed by atoms with E-state index in [9.17, 15) is 14.7 Å². The molecular formula is C48H95NO5. The fourth-order valence-electron chi connectivity index (χ4n) is 7.51. The van der Waals surface area contributed by atoms with Crippen molar-refractivity contribution in [2.75, 3.05) is 32.8 Å². The number of nitrogens with zero attached hydrogens (tertiary/aromatic N) is 1. The van der Waals surface area contributed by atoms with Crippen LogP contribution in [0.2, 0.25) is 0 Å². The zero-order valence-electron chi connectivity index (χ0n) is 37.6. The Hall–Kier alpha value is -1.14. The van der Waals surface area contributed by atoms with Crippen molar-refractivity contribution in [1.29, 1.82) is 0 Å². The molecule has 0 fully saturated rings. The number of unbranched alkanes of at least 4 members (excludes halogenated alkanes) is 22. The Kier molecular flexibility index (Phi) is 35.5. The number of esters is 2. The standard InChI is InChI=1S/C48H95NO5/c1-8-11-14-17-20-21-22-23-28-33-43-53-45(51)47(4,5)38-34-40-49(41-42-50)39-32-27-26-31-37-48(6,7)46(52)54-44(35-29-24-18-15-12-9-2)36-30-25-19-16-13-10-3/h44,50H,8-43H2,1-7H3. The molecule has 0 aromatic carbocycles. The van der Waals surface area contributed by atoms with Crippen molar-refractivity contribution in [1.82, 2.24) is 4.90 Å². The smallest absolute Gasteiger partial charge is 0.311 e. The summed E-state index contributed by atoms with van der Waals surface area (Å²) in [4.78, 5) is 28.5. The predicted octanol–water partition coefficient (Wildman–Crippen LogP) is 13.9. The molecule has 0 atom stereocenters. The molecule has 0 aromatic heterocycles. The molecule has 6 heteroatoms. The van der Waals surface area contributed by atoms with Gasteiger partial charge in [0.05, 0.1) is 24.0 Å². The third-order valence-corrected chi connectivity index (χ3v) is 11.6. The minimum atomic E-state index is -0.486. The van der Waals surface area contributed by atoms with E-state index in [1.165, 1.54) is 116 Å². The van der Waals surface area contributed by atoms with Crippen LogP contribution in [0, 0.1) is 10.8 Å². The van der Waals surface area contributed by atoms with Gasteiger partial charge >= 0.3 is 11.9 Å². The van der Waals surface area contributed by atoms with Gasteiger partial charge in [0.1, 0.15) is 6.10 Å². The zero-order chi connectivity index (χ0) is 40.2. The van der Waals surface area contributed by atoms with E-state index in [1.54, 1.807) is 0 Å². The average molecular weight is 766 g/mol. The second-order valence-electron chi connectivity index (χ2n) is 18.1. The van der Waals surface area contributed by atoms with Gasteiger partial charge in [-0.25, -0.2) is 0 Å². The predicted molar refractivity (Wildman–Crippen MR) is 232 cm³/mol. The van der Waals surface area contributed by atoms with E-state index in [0.29, 0.717) is 13.2 Å². The van der Waals surface area contributed by atoms with Crippen LogP contribution >= 0.6 is 0 Å². The molecule has 0 amide bonds. The van der Waals surface area contributed by atoms with Gasteiger partial charge in [0.25, 0.3) is 0 Å². The van der Waals surface area contributed by atoms with E-state index in [2.05, 4.69) is 39.5 Å². The molecule has 0 saturated heterocycles. The number of ether oxygens (including phenoxy) is 2. The summed E-state index contributed by atoms with van der Waals surface area (Å²) in [5, 5.41) is 9.68. The van der Waals surface area contributed by atoms with Gasteiger partial charge in [-0.3, -0.25) is 9.59 Å². The molecule has 1 N–H and O–H groups in total. The van der Waals surface area contributed by atoms with E-state index in [0.717, 1.165) is 96.6 Å². The number of aliphatic hydroxyl groups is 1. The lowest BCUT2D eigenvalue weighted by Gasteiger charge is -2.27. The van der Waals surface area contributed by atoms with Gasteiger partial charge < -0.3 is 19.5 Å². The lowest BCUT2D eigenvalue weighted by molar-refractivity contribution is -0.161. The fraction of sp³-hybridized carbons (Fsp3) is 0.958. The molecule has 0 aliphatic carbocycles. The maximum absolute atomic E-state index is 13.4. The van der Waals surface area contributed by atoms with Gasteiger partial charge in [-0.2, -0.15) is 0 Å². The van der Waals surface area contributed by atoms with Gasteiger partial charge in [0.2, 0.25) is 0 Å². The van der Waals surface area contributed by atoms with Crippen molar-refractivity contribution in [2.45, 2.75) is 254 Å². The molecular weight excluding hydrogens is 671 g/mol. The van der Waals surface area contributed by atoms with Crippen LogP contribution in [0.5, 0.6) is 0 Å². The maximum Gasteiger partial charge on any atom is 0.311 e. The first-order chi connectivity index (χ1) is 26.0. The van der Waals surface area contributed by atoms with E-state index < -0.39 is 10.8 Å². The Labute approximate surface area is 337 Å². The summed E-state index contributed by atoms with van der Waals surface area (Å²) in [6.45, 7) is 18.1. The molecule has 322 valence electrons. The van der Waals surface area contributed by atoms with Crippen LogP contribution < -0.4 is 0 Å². The van der Waals surface area contributed by atoms with Crippen LogP contribution in [0.15, 0.2) is 0 Å². The molecule has 0 aromatic rings. The summed E-state index contributed by atoms with van der Waals surface area (Å²) in [5.74, 6) is -0.0886. The highest BCUT2D eigenvalue weighted by Crippen LogP contribution is 2.29. The third-order valence-electron chi connectivity index (χ3n) is 11.6. The quantitative estimate of drug-likeness (QED) is 0.0493. The Morgan fingerprint density at radius 2 is 0.870 bits per heavy atom. The Morgan fingerprint density at radius 1 is 0.481 bits per heavy atom. The maximum atomic E-state index is 13.4. The number of hydrogen-bond donors (Lipinski definition) is 1. The van der Waals surface area contributed by atoms with Gasteiger partial charge in [-0.1, -0.05) is 162 Å². The van der Waals surface area contributed by atoms with Crippen LogP contribution in [0.25, 0.3) is 0 Å². The van der Waals surface area contributed by atoms with E-state index in [-0.39, 0.29) is 24.6 Å². The zero-order valence-corrected chi connectivity index (χ0v) is 37.6. The normalized spacial score (nSPS) is 12.3. The highest BCUT2D eigenvalue weighted by atomic mass is 16.5. The Morgan fingerprint density at radius 3 is 1.37 bits per heavy atom. The summed E-state index contributed by atoms with van der Waals surface area (Å²) in [6, 6.07) is 0. The van der Waals surface area contributed by atoms with Crippen LogP contribution in [0.3, 0.4) is 0 Å². The minimum absolute atomic E-state index is 0.0100. The second-order valence-corrected chi connectivity index (χ2v) is 18.1. The van der Waals surface area contributed by atoms with Gasteiger partial charge in [-0.15, -0.1) is 0 Å². The molecule has 0 rings (SSSR count). The molecule has 6 nitrogen and oxygen atoms in total. The van der Waals surface area contributed by atoms with Crippen LogP contribution in [0.4, 0.5) is 0 Å². The molecule has 0 aliphatic rings. The summed E-state index contributed by atoms with van der Waals surface area (Å²) in [6.07, 6.45) is 36.9. The highest BCUT2D eigenvalue weighted by Gasteiger charge is 2.31. The van der Waals surface area contributed by atoms with Crippen LogP contribution in [-0.2, 0) is 19.1 Å². The monoisotopic (exact) mass is 766 g/mol. The van der Waals surface area contributed by atoms with Crippen molar-refractivity contribution in [3.8, 4) is 0 Å². The minimum Gasteiger partial charge on any atom is -0.465 e. The number of carbonyl (C=O) groups is 2. The van der Waals surface area contributed by atoms with Gasteiger partial charge in [0.15, 0.2) is 0 Å². The highest BCUT2D eigenvalue weighted by molar-refractivity contribution is 5.76. The molecule has 0 spiro atoms. The Bertz CT molecular complexity index is 827. The van der Waals surface area contributed by atoms with Crippen molar-refractivity contribution in [3.05, 3.63) is 0 Å².